The molecule has 3 nitrogen and oxygen atoms in total. The number of imidazole rings is 1. The zero-order valence-corrected chi connectivity index (χ0v) is 7.33. The molecule has 1 N–H and O–H groups in total. The van der Waals surface area contributed by atoms with E-state index in [-0.39, 0.29) is 0 Å². The summed E-state index contributed by atoms with van der Waals surface area (Å²) in [6.07, 6.45) is 7.06. The molecule has 0 aromatic carbocycles. The van der Waals surface area contributed by atoms with E-state index in [4.69, 9.17) is 0 Å². The molecule has 13 heavy (non-hydrogen) atoms. The number of hydrogen-bond acceptors (Lipinski definition) is 2. The first kappa shape index (κ1) is 7.09. The Bertz CT molecular complexity index is 404. The topological polar surface area (TPSA) is 29.3 Å². The van der Waals surface area contributed by atoms with Crippen molar-refractivity contribution in [3.8, 4) is 0 Å². The molecule has 1 aliphatic heterocycles. The third-order valence-electron chi connectivity index (χ3n) is 2.61. The van der Waals surface area contributed by atoms with Gasteiger partial charge in [-0.1, -0.05) is 0 Å². The van der Waals surface area contributed by atoms with Crippen LogP contribution in [-0.4, -0.2) is 15.9 Å². The lowest BCUT2D eigenvalue weighted by molar-refractivity contribution is 0.640. The van der Waals surface area contributed by atoms with Gasteiger partial charge in [0.05, 0.1) is 18.0 Å². The molecule has 0 spiro atoms. The predicted octanol–water partition coefficient (Wildman–Crippen LogP) is 0.980. The van der Waals surface area contributed by atoms with Crippen LogP contribution in [0.2, 0.25) is 0 Å². The lowest BCUT2D eigenvalue weighted by Gasteiger charge is -2.16. The summed E-state index contributed by atoms with van der Waals surface area (Å²) in [4.78, 5) is 4.12. The Hall–Kier alpha value is -1.35. The Balaban J connectivity index is 2.28. The molecule has 3 heteroatoms. The van der Waals surface area contributed by atoms with Crippen LogP contribution in [0.25, 0.3) is 5.52 Å². The van der Waals surface area contributed by atoms with Crippen LogP contribution in [0.3, 0.4) is 0 Å². The molecule has 0 saturated heterocycles. The lowest BCUT2D eigenvalue weighted by Crippen LogP contribution is -2.23. The van der Waals surface area contributed by atoms with Gasteiger partial charge in [-0.3, -0.25) is 0 Å². The molecule has 0 amide bonds. The molecule has 0 bridgehead atoms. The summed E-state index contributed by atoms with van der Waals surface area (Å²) in [6, 6.07) is 2.24. The summed E-state index contributed by atoms with van der Waals surface area (Å²) in [5, 5.41) is 3.36. The summed E-state index contributed by atoms with van der Waals surface area (Å²) in [6.45, 7) is 2.08. The first-order chi connectivity index (χ1) is 6.43. The van der Waals surface area contributed by atoms with Crippen LogP contribution in [0.5, 0.6) is 0 Å². The van der Waals surface area contributed by atoms with Crippen molar-refractivity contribution < 1.29 is 0 Å². The van der Waals surface area contributed by atoms with E-state index in [1.165, 1.54) is 16.6 Å². The minimum absolute atomic E-state index is 0.990. The fourth-order valence-corrected chi connectivity index (χ4v) is 1.89. The third kappa shape index (κ3) is 1.04. The van der Waals surface area contributed by atoms with Gasteiger partial charge in [-0.15, -0.1) is 0 Å². The fraction of sp³-hybridized carbons (Fsp3) is 0.300. The Morgan fingerprint density at radius 3 is 3.38 bits per heavy atom. The Labute approximate surface area is 76.4 Å². The average molecular weight is 173 g/mol. The maximum Gasteiger partial charge on any atom is 0.0992 e. The van der Waals surface area contributed by atoms with Gasteiger partial charge in [0.1, 0.15) is 0 Å². The second-order valence-electron chi connectivity index (χ2n) is 3.48. The van der Waals surface area contributed by atoms with Crippen molar-refractivity contribution in [3.63, 3.8) is 0 Å². The maximum atomic E-state index is 4.12. The molecular weight excluding hydrogens is 162 g/mol. The Morgan fingerprint density at radius 2 is 2.38 bits per heavy atom. The number of fused-ring (bicyclic) bond motifs is 2. The highest BCUT2D eigenvalue weighted by molar-refractivity contribution is 5.49. The van der Waals surface area contributed by atoms with Crippen molar-refractivity contribution >= 4 is 5.52 Å². The van der Waals surface area contributed by atoms with Gasteiger partial charge < -0.3 is 9.72 Å². The van der Waals surface area contributed by atoms with Crippen LogP contribution in [0, 0.1) is 0 Å². The van der Waals surface area contributed by atoms with Crippen LogP contribution in [0.1, 0.15) is 11.1 Å². The first-order valence-corrected chi connectivity index (χ1v) is 4.58. The summed E-state index contributed by atoms with van der Waals surface area (Å²) >= 11 is 0. The molecule has 0 saturated carbocycles. The summed E-state index contributed by atoms with van der Waals surface area (Å²) in [5.41, 5.74) is 4.06. The van der Waals surface area contributed by atoms with E-state index in [1.807, 2.05) is 12.5 Å². The fourth-order valence-electron chi connectivity index (χ4n) is 1.89. The quantitative estimate of drug-likeness (QED) is 0.643. The van der Waals surface area contributed by atoms with Crippen molar-refractivity contribution in [3.05, 3.63) is 35.9 Å². The third-order valence-corrected chi connectivity index (χ3v) is 2.61. The second-order valence-corrected chi connectivity index (χ2v) is 3.48. The van der Waals surface area contributed by atoms with E-state index in [0.717, 1.165) is 19.5 Å². The van der Waals surface area contributed by atoms with Crippen LogP contribution >= 0.6 is 0 Å². The van der Waals surface area contributed by atoms with E-state index in [0.29, 0.717) is 0 Å². The minimum Gasteiger partial charge on any atom is -0.312 e. The molecule has 0 aliphatic carbocycles. The summed E-state index contributed by atoms with van der Waals surface area (Å²) < 4.78 is 2.08. The van der Waals surface area contributed by atoms with E-state index in [2.05, 4.69) is 27.0 Å². The number of nitrogens with one attached hydrogen (secondary N) is 1. The van der Waals surface area contributed by atoms with Crippen LogP contribution in [0.4, 0.5) is 0 Å². The van der Waals surface area contributed by atoms with E-state index in [1.54, 1.807) is 0 Å². The highest BCUT2D eigenvalue weighted by Gasteiger charge is 2.09. The summed E-state index contributed by atoms with van der Waals surface area (Å²) in [7, 11) is 0. The van der Waals surface area contributed by atoms with Crippen molar-refractivity contribution in [2.24, 2.45) is 0 Å². The standard InChI is InChI=1S/C10H11N3/c1-2-11-4-9-6-13-7-12-5-10(13)3-8(1)9/h3,5-7,11H,1-2,4H2. The normalized spacial score (nSPS) is 16.0. The molecule has 0 atom stereocenters. The van der Waals surface area contributed by atoms with E-state index >= 15 is 0 Å². The highest BCUT2D eigenvalue weighted by atomic mass is 15.0. The van der Waals surface area contributed by atoms with Gasteiger partial charge in [0.15, 0.2) is 0 Å². The zero-order chi connectivity index (χ0) is 8.67. The molecule has 1 aliphatic rings. The zero-order valence-electron chi connectivity index (χ0n) is 7.33. The molecule has 0 unspecified atom stereocenters. The molecule has 2 aromatic rings. The van der Waals surface area contributed by atoms with E-state index in [9.17, 15) is 0 Å². The SMILES string of the molecule is c1ncn2cc3c(cc12)CCNC3. The van der Waals surface area contributed by atoms with E-state index < -0.39 is 0 Å². The van der Waals surface area contributed by atoms with Crippen molar-refractivity contribution in [2.45, 2.75) is 13.0 Å². The van der Waals surface area contributed by atoms with Gasteiger partial charge in [0, 0.05) is 12.7 Å². The van der Waals surface area contributed by atoms with Gasteiger partial charge in [0.25, 0.3) is 0 Å². The number of nitrogens with zero attached hydrogens (tertiary/aromatic N) is 2. The van der Waals surface area contributed by atoms with Gasteiger partial charge in [-0.2, -0.15) is 0 Å². The highest BCUT2D eigenvalue weighted by Crippen LogP contribution is 2.16. The molecular formula is C10H11N3. The van der Waals surface area contributed by atoms with Crippen LogP contribution in [0.15, 0.2) is 24.8 Å². The smallest absolute Gasteiger partial charge is 0.0992 e. The minimum atomic E-state index is 0.990. The molecule has 66 valence electrons. The van der Waals surface area contributed by atoms with Crippen molar-refractivity contribution in [1.82, 2.24) is 14.7 Å². The van der Waals surface area contributed by atoms with Gasteiger partial charge in [-0.25, -0.2) is 4.98 Å². The Morgan fingerprint density at radius 1 is 1.38 bits per heavy atom. The summed E-state index contributed by atoms with van der Waals surface area (Å²) in [5.74, 6) is 0. The van der Waals surface area contributed by atoms with Gasteiger partial charge >= 0.3 is 0 Å². The average Bonchev–Trinajstić information content (AvgIpc) is 2.61. The number of aromatic nitrogens is 2. The first-order valence-electron chi connectivity index (χ1n) is 4.58. The maximum absolute atomic E-state index is 4.12. The lowest BCUT2D eigenvalue weighted by atomic mass is 10.0. The Kier molecular flexibility index (Phi) is 1.40. The van der Waals surface area contributed by atoms with Crippen LogP contribution < -0.4 is 5.32 Å². The number of pyridine rings is 1. The largest absolute Gasteiger partial charge is 0.312 e. The van der Waals surface area contributed by atoms with Crippen LogP contribution in [-0.2, 0) is 13.0 Å². The molecule has 3 heterocycles. The molecule has 0 fully saturated rings. The second kappa shape index (κ2) is 2.57. The molecule has 3 rings (SSSR count). The van der Waals surface area contributed by atoms with Gasteiger partial charge in [-0.05, 0) is 30.2 Å². The monoisotopic (exact) mass is 173 g/mol. The molecule has 2 aromatic heterocycles. The van der Waals surface area contributed by atoms with Crippen molar-refractivity contribution in [2.75, 3.05) is 6.54 Å². The number of rotatable bonds is 0. The number of hydrogen-bond donors (Lipinski definition) is 1. The molecule has 0 radical (unpaired) electrons. The van der Waals surface area contributed by atoms with Gasteiger partial charge in [0.2, 0.25) is 0 Å². The predicted molar refractivity (Wildman–Crippen MR) is 50.6 cm³/mol. The van der Waals surface area contributed by atoms with Crippen molar-refractivity contribution in [1.29, 1.82) is 0 Å².